The van der Waals surface area contributed by atoms with Crippen molar-refractivity contribution in [1.82, 2.24) is 14.8 Å². The van der Waals surface area contributed by atoms with Crippen LogP contribution in [0, 0.1) is 6.92 Å². The van der Waals surface area contributed by atoms with E-state index in [9.17, 15) is 9.59 Å². The Morgan fingerprint density at radius 1 is 1.20 bits per heavy atom. The van der Waals surface area contributed by atoms with Crippen molar-refractivity contribution in [3.63, 3.8) is 0 Å². The third-order valence-electron chi connectivity index (χ3n) is 3.97. The number of benzene rings is 1. The fraction of sp³-hybridized carbons (Fsp3) is 0.222. The maximum atomic E-state index is 11.9. The van der Waals surface area contributed by atoms with E-state index in [1.807, 2.05) is 25.1 Å². The number of ketones is 1. The molecule has 0 saturated carbocycles. The Hall–Kier alpha value is -3.06. The minimum absolute atomic E-state index is 0.130. The molecule has 0 amide bonds. The molecule has 7 heteroatoms. The van der Waals surface area contributed by atoms with Gasteiger partial charge in [0.15, 0.2) is 5.78 Å². The lowest BCUT2D eigenvalue weighted by Crippen LogP contribution is -2.11. The monoisotopic (exact) mass is 339 g/mol. The average Bonchev–Trinajstić information content (AvgIpc) is 2.93. The van der Waals surface area contributed by atoms with E-state index >= 15 is 0 Å². The van der Waals surface area contributed by atoms with E-state index in [-0.39, 0.29) is 24.6 Å². The third kappa shape index (κ3) is 3.14. The summed E-state index contributed by atoms with van der Waals surface area (Å²) in [4.78, 5) is 27.2. The maximum absolute atomic E-state index is 11.9. The largest absolute Gasteiger partial charge is 0.480 e. The summed E-state index contributed by atoms with van der Waals surface area (Å²) in [7, 11) is 0. The van der Waals surface area contributed by atoms with Gasteiger partial charge in [-0.05, 0) is 36.2 Å². The number of Topliss-reactive ketones (excluding diaryl/α,β-unsaturated/α-hetero) is 1. The van der Waals surface area contributed by atoms with Crippen LogP contribution in [-0.4, -0.2) is 36.7 Å². The Kier molecular flexibility index (Phi) is 4.33. The van der Waals surface area contributed by atoms with E-state index in [0.717, 1.165) is 16.7 Å². The highest BCUT2D eigenvalue weighted by molar-refractivity contribution is 6.06. The van der Waals surface area contributed by atoms with Crippen molar-refractivity contribution in [3.8, 4) is 11.1 Å². The number of aliphatic hydroxyl groups is 1. The minimum atomic E-state index is -1.02. The van der Waals surface area contributed by atoms with E-state index in [2.05, 4.69) is 10.1 Å². The first-order chi connectivity index (χ1) is 11.9. The summed E-state index contributed by atoms with van der Waals surface area (Å²) >= 11 is 0. The number of carbonyl (C=O) groups is 2. The van der Waals surface area contributed by atoms with Gasteiger partial charge in [-0.15, -0.1) is 0 Å². The van der Waals surface area contributed by atoms with Crippen LogP contribution >= 0.6 is 0 Å². The molecule has 2 N–H and O–H groups in total. The molecule has 0 saturated heterocycles. The van der Waals surface area contributed by atoms with Crippen LogP contribution in [0.3, 0.4) is 0 Å². The summed E-state index contributed by atoms with van der Waals surface area (Å²) in [6, 6.07) is 7.30. The molecular weight excluding hydrogens is 322 g/mol. The second-order valence-electron chi connectivity index (χ2n) is 5.84. The number of aromatic nitrogens is 3. The Labute approximate surface area is 143 Å². The highest BCUT2D eigenvalue weighted by Gasteiger charge is 2.18. The van der Waals surface area contributed by atoms with Gasteiger partial charge in [0, 0.05) is 24.1 Å². The van der Waals surface area contributed by atoms with Crippen LogP contribution in [0.4, 0.5) is 0 Å². The molecule has 0 aliphatic rings. The number of pyridine rings is 1. The minimum Gasteiger partial charge on any atom is -0.480 e. The van der Waals surface area contributed by atoms with Crippen molar-refractivity contribution in [2.24, 2.45) is 0 Å². The molecule has 3 aromatic rings. The van der Waals surface area contributed by atoms with Gasteiger partial charge in [0.05, 0.1) is 17.8 Å². The molecule has 128 valence electrons. The summed E-state index contributed by atoms with van der Waals surface area (Å²) in [6.45, 7) is 2.82. The molecule has 3 rings (SSSR count). The fourth-order valence-electron chi connectivity index (χ4n) is 2.89. The SMILES string of the molecule is CC(=O)c1nn(CC(=O)O)c2c(C)cc(-c3ccc(CO)nc3)cc12. The van der Waals surface area contributed by atoms with Gasteiger partial charge in [-0.3, -0.25) is 19.3 Å². The van der Waals surface area contributed by atoms with E-state index in [1.165, 1.54) is 11.6 Å². The number of aliphatic hydroxyl groups excluding tert-OH is 1. The molecule has 0 spiro atoms. The first-order valence-electron chi connectivity index (χ1n) is 7.70. The third-order valence-corrected chi connectivity index (χ3v) is 3.97. The van der Waals surface area contributed by atoms with Crippen molar-refractivity contribution < 1.29 is 19.8 Å². The molecule has 0 aliphatic heterocycles. The number of aliphatic carboxylic acids is 1. The predicted octanol–water partition coefficient (Wildman–Crippen LogP) is 2.19. The van der Waals surface area contributed by atoms with E-state index in [1.54, 1.807) is 12.3 Å². The number of hydrogen-bond acceptors (Lipinski definition) is 5. The quantitative estimate of drug-likeness (QED) is 0.690. The van der Waals surface area contributed by atoms with E-state index in [4.69, 9.17) is 10.2 Å². The van der Waals surface area contributed by atoms with Gasteiger partial charge in [-0.25, -0.2) is 0 Å². The molecule has 0 bridgehead atoms. The molecule has 2 aromatic heterocycles. The number of hydrogen-bond donors (Lipinski definition) is 2. The zero-order valence-electron chi connectivity index (χ0n) is 13.9. The summed E-state index contributed by atoms with van der Waals surface area (Å²) in [5.74, 6) is -1.24. The average molecular weight is 339 g/mol. The van der Waals surface area contributed by atoms with Crippen LogP contribution in [-0.2, 0) is 17.9 Å². The van der Waals surface area contributed by atoms with Crippen LogP contribution in [0.1, 0.15) is 28.7 Å². The first-order valence-corrected chi connectivity index (χ1v) is 7.70. The topological polar surface area (TPSA) is 105 Å². The predicted molar refractivity (Wildman–Crippen MR) is 91.3 cm³/mol. The van der Waals surface area contributed by atoms with Gasteiger partial charge in [-0.1, -0.05) is 6.07 Å². The second kappa shape index (κ2) is 6.45. The summed E-state index contributed by atoms with van der Waals surface area (Å²) in [5.41, 5.74) is 3.96. The molecule has 2 heterocycles. The van der Waals surface area contributed by atoms with Crippen LogP contribution in [0.2, 0.25) is 0 Å². The lowest BCUT2D eigenvalue weighted by atomic mass is 10.00. The van der Waals surface area contributed by atoms with Crippen LogP contribution in [0.5, 0.6) is 0 Å². The van der Waals surface area contributed by atoms with Crippen LogP contribution < -0.4 is 0 Å². The van der Waals surface area contributed by atoms with Gasteiger partial charge in [0.25, 0.3) is 0 Å². The maximum Gasteiger partial charge on any atom is 0.325 e. The Morgan fingerprint density at radius 3 is 2.52 bits per heavy atom. The summed E-state index contributed by atoms with van der Waals surface area (Å²) in [6.07, 6.45) is 1.65. The summed E-state index contributed by atoms with van der Waals surface area (Å²) < 4.78 is 1.35. The highest BCUT2D eigenvalue weighted by Crippen LogP contribution is 2.30. The van der Waals surface area contributed by atoms with E-state index < -0.39 is 5.97 Å². The van der Waals surface area contributed by atoms with Gasteiger partial charge in [-0.2, -0.15) is 5.10 Å². The Morgan fingerprint density at radius 2 is 1.96 bits per heavy atom. The molecule has 0 unspecified atom stereocenters. The smallest absolute Gasteiger partial charge is 0.325 e. The highest BCUT2D eigenvalue weighted by atomic mass is 16.4. The summed E-state index contributed by atoms with van der Waals surface area (Å²) in [5, 5.41) is 23.0. The number of nitrogens with zero attached hydrogens (tertiary/aromatic N) is 3. The van der Waals surface area contributed by atoms with Crippen molar-refractivity contribution in [1.29, 1.82) is 0 Å². The first kappa shape index (κ1) is 16.8. The Balaban J connectivity index is 2.21. The number of fused-ring (bicyclic) bond motifs is 1. The molecule has 25 heavy (non-hydrogen) atoms. The number of carbonyl (C=O) groups excluding carboxylic acids is 1. The molecule has 0 fully saturated rings. The molecule has 1 aromatic carbocycles. The molecule has 0 atom stereocenters. The Bertz CT molecular complexity index is 974. The molecule has 0 radical (unpaired) electrons. The normalized spacial score (nSPS) is 11.0. The second-order valence-corrected chi connectivity index (χ2v) is 5.84. The standard InChI is InChI=1S/C18H17N3O4/c1-10-5-13(12-3-4-14(9-22)19-7-12)6-15-17(11(2)23)20-21(18(10)15)8-16(24)25/h3-7,22H,8-9H2,1-2H3,(H,24,25). The van der Waals surface area contributed by atoms with Gasteiger partial charge >= 0.3 is 5.97 Å². The zero-order valence-corrected chi connectivity index (χ0v) is 13.9. The van der Waals surface area contributed by atoms with Gasteiger partial charge in [0.2, 0.25) is 0 Å². The van der Waals surface area contributed by atoms with Crippen molar-refractivity contribution in [2.75, 3.05) is 0 Å². The molecule has 0 aliphatic carbocycles. The van der Waals surface area contributed by atoms with Crippen molar-refractivity contribution in [2.45, 2.75) is 27.0 Å². The molecule has 7 nitrogen and oxygen atoms in total. The number of aryl methyl sites for hydroxylation is 1. The number of carboxylic acids is 1. The number of carboxylic acid groups (broad SMARTS) is 1. The van der Waals surface area contributed by atoms with Crippen LogP contribution in [0.25, 0.3) is 22.0 Å². The van der Waals surface area contributed by atoms with Crippen LogP contribution in [0.15, 0.2) is 30.5 Å². The zero-order chi connectivity index (χ0) is 18.1. The fourth-order valence-corrected chi connectivity index (χ4v) is 2.89. The van der Waals surface area contributed by atoms with Gasteiger partial charge < -0.3 is 10.2 Å². The lowest BCUT2D eigenvalue weighted by Gasteiger charge is -2.07. The lowest BCUT2D eigenvalue weighted by molar-refractivity contribution is -0.137. The molecular formula is C18H17N3O4. The van der Waals surface area contributed by atoms with Crippen molar-refractivity contribution >= 4 is 22.7 Å². The number of rotatable bonds is 5. The van der Waals surface area contributed by atoms with Gasteiger partial charge in [0.1, 0.15) is 12.2 Å². The van der Waals surface area contributed by atoms with E-state index in [0.29, 0.717) is 16.6 Å². The van der Waals surface area contributed by atoms with Crippen molar-refractivity contribution in [3.05, 3.63) is 47.4 Å².